The number of fused-ring (bicyclic) bond motifs is 5. The van der Waals surface area contributed by atoms with Crippen molar-refractivity contribution in [1.29, 1.82) is 0 Å². The second-order valence-corrected chi connectivity index (χ2v) is 16.4. The van der Waals surface area contributed by atoms with Crippen molar-refractivity contribution in [2.75, 3.05) is 18.4 Å². The molecule has 48 heavy (non-hydrogen) atoms. The lowest BCUT2D eigenvalue weighted by atomic mass is 9.69. The Balaban J connectivity index is 1.23. The maximum Gasteiger partial charge on any atom is 0.408 e. The van der Waals surface area contributed by atoms with Crippen LogP contribution < -0.4 is 21.1 Å². The quantitative estimate of drug-likeness (QED) is 0.442. The number of nitrogens with one attached hydrogen (secondary N) is 2. The predicted octanol–water partition coefficient (Wildman–Crippen LogP) is 2.49. The standard InChI is InChI=1S/C33H40F3N5O7/c1-30(2,3)24(39-29(46)48-31(4,5)6)27(44)40-11-15-14-9-33(36)20(14)21(33)19(15)23(40)26(43)41-12-32(10-17(41)25(37)42)28(45)38-22-16(35)7-13(34)8-18(22)47-32/h7-8,14-15,17,19-21,23-24H,9-12H2,1-6H3,(H2,37,42)(H,38,45)(H,39,46)/t14-,15+,17-,19+,20?,21+,23-,24+,32+,33+/m0/s1. The van der Waals surface area contributed by atoms with Gasteiger partial charge in [-0.05, 0) is 50.4 Å². The Labute approximate surface area is 275 Å². The highest BCUT2D eigenvalue weighted by Gasteiger charge is 2.87. The van der Waals surface area contributed by atoms with Crippen molar-refractivity contribution < 1.29 is 46.6 Å². The Morgan fingerprint density at radius 3 is 2.38 bits per heavy atom. The normalized spacial score (nSPS) is 36.3. The fraction of sp³-hybridized carbons (Fsp3) is 0.667. The van der Waals surface area contributed by atoms with Crippen LogP contribution in [0.3, 0.4) is 0 Å². The summed E-state index contributed by atoms with van der Waals surface area (Å²) in [5.41, 5.74) is 0.339. The van der Waals surface area contributed by atoms with E-state index >= 15 is 4.39 Å². The number of alkyl halides is 1. The van der Waals surface area contributed by atoms with Gasteiger partial charge in [-0.2, -0.15) is 0 Å². The number of primary amides is 1. The molecule has 1 spiro atoms. The molecular formula is C33H40F3N5O7. The van der Waals surface area contributed by atoms with E-state index in [-0.39, 0.29) is 35.7 Å². The predicted molar refractivity (Wildman–Crippen MR) is 162 cm³/mol. The number of carbonyl (C=O) groups is 5. The Bertz CT molecular complexity index is 1660. The molecule has 5 fully saturated rings. The molecule has 1 aromatic rings. The number of carbonyl (C=O) groups excluding carboxylic acids is 5. The van der Waals surface area contributed by atoms with Crippen LogP contribution in [0, 0.1) is 46.6 Å². The molecule has 3 heterocycles. The Hall–Kier alpha value is -4.04. The summed E-state index contributed by atoms with van der Waals surface area (Å²) in [5.74, 6) is -6.89. The van der Waals surface area contributed by atoms with Crippen LogP contribution in [0.1, 0.15) is 54.4 Å². The Morgan fingerprint density at radius 2 is 1.75 bits per heavy atom. The van der Waals surface area contributed by atoms with Gasteiger partial charge in [0.05, 0.1) is 6.54 Å². The summed E-state index contributed by atoms with van der Waals surface area (Å²) in [6.07, 6.45) is -0.893. The van der Waals surface area contributed by atoms with E-state index in [2.05, 4.69) is 10.6 Å². The number of hydrogen-bond acceptors (Lipinski definition) is 7. The minimum absolute atomic E-state index is 0.0180. The van der Waals surface area contributed by atoms with Crippen LogP contribution in [0.15, 0.2) is 12.1 Å². The van der Waals surface area contributed by atoms with Gasteiger partial charge in [0.15, 0.2) is 11.6 Å². The molecule has 4 N–H and O–H groups in total. The van der Waals surface area contributed by atoms with Crippen LogP contribution >= 0.6 is 0 Å². The highest BCUT2D eigenvalue weighted by atomic mass is 19.1. The summed E-state index contributed by atoms with van der Waals surface area (Å²) < 4.78 is 55.6. The molecule has 10 atom stereocenters. The zero-order valence-electron chi connectivity index (χ0n) is 27.6. The number of rotatable bonds is 4. The van der Waals surface area contributed by atoms with Crippen LogP contribution in [0.5, 0.6) is 5.75 Å². The van der Waals surface area contributed by atoms with Crippen molar-refractivity contribution in [2.24, 2.45) is 40.7 Å². The van der Waals surface area contributed by atoms with Gasteiger partial charge in [0, 0.05) is 36.9 Å². The number of nitrogens with two attached hydrogens (primary N) is 1. The van der Waals surface area contributed by atoms with Gasteiger partial charge in [-0.25, -0.2) is 18.0 Å². The third-order valence-electron chi connectivity index (χ3n) is 11.2. The maximum atomic E-state index is 15.7. The van der Waals surface area contributed by atoms with Gasteiger partial charge in [0.2, 0.25) is 23.3 Å². The van der Waals surface area contributed by atoms with Crippen molar-refractivity contribution in [3.05, 3.63) is 23.8 Å². The largest absolute Gasteiger partial charge is 0.473 e. The van der Waals surface area contributed by atoms with Gasteiger partial charge in [-0.3, -0.25) is 19.2 Å². The summed E-state index contributed by atoms with van der Waals surface area (Å²) >= 11 is 0. The minimum Gasteiger partial charge on any atom is -0.473 e. The minimum atomic E-state index is -1.93. The summed E-state index contributed by atoms with van der Waals surface area (Å²) in [6, 6.07) is -2.29. The highest BCUT2D eigenvalue weighted by Crippen LogP contribution is 2.82. The second kappa shape index (κ2) is 10.0. The summed E-state index contributed by atoms with van der Waals surface area (Å²) in [4.78, 5) is 70.8. The van der Waals surface area contributed by atoms with E-state index in [1.807, 2.05) is 0 Å². The van der Waals surface area contributed by atoms with Gasteiger partial charge in [-0.1, -0.05) is 20.8 Å². The molecule has 3 aliphatic carbocycles. The molecule has 7 rings (SSSR count). The smallest absolute Gasteiger partial charge is 0.408 e. The second-order valence-electron chi connectivity index (χ2n) is 16.4. The third-order valence-corrected chi connectivity index (χ3v) is 11.2. The lowest BCUT2D eigenvalue weighted by molar-refractivity contribution is -0.150. The molecule has 1 unspecified atom stereocenters. The molecule has 15 heteroatoms. The zero-order valence-corrected chi connectivity index (χ0v) is 27.6. The monoisotopic (exact) mass is 675 g/mol. The number of amides is 5. The topological polar surface area (TPSA) is 160 Å². The van der Waals surface area contributed by atoms with E-state index in [0.717, 1.165) is 11.0 Å². The summed E-state index contributed by atoms with van der Waals surface area (Å²) in [6.45, 7) is 9.92. The molecule has 5 amide bonds. The molecule has 12 nitrogen and oxygen atoms in total. The van der Waals surface area contributed by atoms with Crippen molar-refractivity contribution in [1.82, 2.24) is 15.1 Å². The van der Waals surface area contributed by atoms with E-state index in [1.165, 1.54) is 4.90 Å². The van der Waals surface area contributed by atoms with Crippen LogP contribution in [-0.4, -0.2) is 87.6 Å². The molecule has 1 aromatic carbocycles. The lowest BCUT2D eigenvalue weighted by Gasteiger charge is -2.39. The van der Waals surface area contributed by atoms with E-state index in [9.17, 15) is 32.8 Å². The molecule has 260 valence electrons. The average molecular weight is 676 g/mol. The number of nitrogens with zero attached hydrogens (tertiary/aromatic N) is 2. The number of benzene rings is 1. The fourth-order valence-electron chi connectivity index (χ4n) is 9.22. The number of likely N-dealkylation sites (tertiary alicyclic amines) is 2. The van der Waals surface area contributed by atoms with Crippen LogP contribution in [-0.2, 0) is 23.9 Å². The number of ether oxygens (including phenoxy) is 2. The van der Waals surface area contributed by atoms with Gasteiger partial charge < -0.3 is 35.6 Å². The fourth-order valence-corrected chi connectivity index (χ4v) is 9.22. The molecular weight excluding hydrogens is 635 g/mol. The van der Waals surface area contributed by atoms with E-state index < -0.39 is 107 Å². The van der Waals surface area contributed by atoms with Gasteiger partial charge in [0.1, 0.15) is 40.9 Å². The Morgan fingerprint density at radius 1 is 1.06 bits per heavy atom. The van der Waals surface area contributed by atoms with Crippen molar-refractivity contribution >= 4 is 35.4 Å². The average Bonchev–Trinajstić information content (AvgIpc) is 3.37. The number of hydrogen-bond donors (Lipinski definition) is 3. The first kappa shape index (κ1) is 32.5. The third kappa shape index (κ3) is 4.66. The van der Waals surface area contributed by atoms with Crippen LogP contribution in [0.2, 0.25) is 0 Å². The van der Waals surface area contributed by atoms with E-state index in [4.69, 9.17) is 15.2 Å². The highest BCUT2D eigenvalue weighted by molar-refractivity contribution is 6.04. The van der Waals surface area contributed by atoms with Crippen molar-refractivity contribution in [2.45, 2.75) is 89.4 Å². The van der Waals surface area contributed by atoms with Gasteiger partial charge in [-0.15, -0.1) is 0 Å². The first-order valence-corrected chi connectivity index (χ1v) is 16.2. The van der Waals surface area contributed by atoms with Gasteiger partial charge in [0.25, 0.3) is 5.91 Å². The molecule has 6 aliphatic rings. The summed E-state index contributed by atoms with van der Waals surface area (Å²) in [7, 11) is 0. The molecule has 0 radical (unpaired) electrons. The van der Waals surface area contributed by atoms with E-state index in [0.29, 0.717) is 12.5 Å². The SMILES string of the molecule is CC(C)(C)OC(=O)N[C@H](C(=O)N1C[C@H]2[C@@H]([C@H]1C(=O)N1C[C@@]3(C[C@H]1C(N)=O)Oc1cc(F)cc(F)c1NC3=O)[C@@H]1C3[C@H]2C[C@@]31F)C(C)(C)C. The van der Waals surface area contributed by atoms with Crippen molar-refractivity contribution in [3.8, 4) is 5.75 Å². The van der Waals surface area contributed by atoms with Crippen molar-refractivity contribution in [3.63, 3.8) is 0 Å². The van der Waals surface area contributed by atoms with E-state index in [1.54, 1.807) is 41.5 Å². The first-order chi connectivity index (χ1) is 22.2. The zero-order chi connectivity index (χ0) is 35.0. The van der Waals surface area contributed by atoms with Gasteiger partial charge >= 0.3 is 6.09 Å². The molecule has 3 aliphatic heterocycles. The number of halogens is 3. The molecule has 0 aromatic heterocycles. The van der Waals surface area contributed by atoms with Crippen LogP contribution in [0.4, 0.5) is 23.7 Å². The molecule has 2 saturated heterocycles. The Kier molecular flexibility index (Phi) is 6.77. The maximum absolute atomic E-state index is 15.7. The number of anilines is 1. The lowest BCUT2D eigenvalue weighted by Crippen LogP contribution is -2.60. The molecule has 3 saturated carbocycles. The molecule has 0 bridgehead atoms. The number of alkyl carbamates (subject to hydrolysis) is 1. The first-order valence-electron chi connectivity index (χ1n) is 16.2. The van der Waals surface area contributed by atoms with Crippen LogP contribution in [0.25, 0.3) is 0 Å². The summed E-state index contributed by atoms with van der Waals surface area (Å²) in [5, 5.41) is 5.05.